The van der Waals surface area contributed by atoms with Crippen LogP contribution in [0, 0.1) is 5.92 Å². The van der Waals surface area contributed by atoms with Crippen molar-refractivity contribution in [2.45, 2.75) is 33.3 Å². The predicted octanol–water partition coefficient (Wildman–Crippen LogP) is 0.821. The van der Waals surface area contributed by atoms with E-state index in [-0.39, 0.29) is 24.5 Å². The van der Waals surface area contributed by atoms with E-state index in [1.807, 2.05) is 13.8 Å². The average Bonchev–Trinajstić information content (AvgIpc) is 2.20. The Morgan fingerprint density at radius 3 is 2.41 bits per heavy atom. The molecule has 0 saturated carbocycles. The summed E-state index contributed by atoms with van der Waals surface area (Å²) >= 11 is 0. The SMILES string of the molecule is CC(CNC(=O)NCCOC(C)C)CC(=O)O. The predicted molar refractivity (Wildman–Crippen MR) is 63.9 cm³/mol. The third kappa shape index (κ3) is 11.0. The van der Waals surface area contributed by atoms with Crippen LogP contribution in [0.2, 0.25) is 0 Å². The number of urea groups is 1. The molecule has 100 valence electrons. The third-order valence-electron chi connectivity index (χ3n) is 1.97. The Balaban J connectivity index is 3.49. The number of aliphatic carboxylic acids is 1. The Labute approximate surface area is 102 Å². The van der Waals surface area contributed by atoms with Crippen molar-refractivity contribution in [1.82, 2.24) is 10.6 Å². The van der Waals surface area contributed by atoms with Gasteiger partial charge in [0, 0.05) is 19.5 Å². The number of carboxylic acid groups (broad SMARTS) is 1. The fourth-order valence-electron chi connectivity index (χ4n) is 1.16. The molecule has 0 spiro atoms. The Morgan fingerprint density at radius 2 is 1.88 bits per heavy atom. The van der Waals surface area contributed by atoms with E-state index < -0.39 is 5.97 Å². The van der Waals surface area contributed by atoms with Gasteiger partial charge in [0.05, 0.1) is 12.7 Å². The highest BCUT2D eigenvalue weighted by Gasteiger charge is 2.08. The van der Waals surface area contributed by atoms with Gasteiger partial charge in [-0.1, -0.05) is 6.92 Å². The van der Waals surface area contributed by atoms with Gasteiger partial charge in [0.25, 0.3) is 0 Å². The fourth-order valence-corrected chi connectivity index (χ4v) is 1.16. The van der Waals surface area contributed by atoms with Gasteiger partial charge in [-0.25, -0.2) is 4.79 Å². The molecule has 1 unspecified atom stereocenters. The van der Waals surface area contributed by atoms with E-state index in [4.69, 9.17) is 9.84 Å². The molecule has 0 bridgehead atoms. The van der Waals surface area contributed by atoms with E-state index in [9.17, 15) is 9.59 Å². The summed E-state index contributed by atoms with van der Waals surface area (Å²) in [6.07, 6.45) is 0.201. The minimum absolute atomic E-state index is 0.0523. The lowest BCUT2D eigenvalue weighted by molar-refractivity contribution is -0.137. The molecule has 0 aromatic carbocycles. The summed E-state index contributed by atoms with van der Waals surface area (Å²) in [4.78, 5) is 21.6. The lowest BCUT2D eigenvalue weighted by atomic mass is 10.1. The molecule has 0 aliphatic heterocycles. The zero-order chi connectivity index (χ0) is 13.3. The van der Waals surface area contributed by atoms with Gasteiger partial charge >= 0.3 is 12.0 Å². The quantitative estimate of drug-likeness (QED) is 0.553. The number of carbonyl (C=O) groups is 2. The van der Waals surface area contributed by atoms with Gasteiger partial charge in [-0.2, -0.15) is 0 Å². The number of carboxylic acids is 1. The van der Waals surface area contributed by atoms with Crippen molar-refractivity contribution in [2.75, 3.05) is 19.7 Å². The normalized spacial score (nSPS) is 12.2. The summed E-state index contributed by atoms with van der Waals surface area (Å²) in [5, 5.41) is 13.8. The highest BCUT2D eigenvalue weighted by molar-refractivity contribution is 5.73. The molecule has 0 radical (unpaired) electrons. The first kappa shape index (κ1) is 15.7. The Morgan fingerprint density at radius 1 is 1.24 bits per heavy atom. The van der Waals surface area contributed by atoms with Gasteiger partial charge in [-0.05, 0) is 19.8 Å². The molecule has 0 aromatic rings. The van der Waals surface area contributed by atoms with Crippen LogP contribution in [0.4, 0.5) is 4.79 Å². The maximum absolute atomic E-state index is 11.3. The van der Waals surface area contributed by atoms with Crippen LogP contribution in [-0.4, -0.2) is 42.9 Å². The second kappa shape index (κ2) is 8.81. The summed E-state index contributed by atoms with van der Waals surface area (Å²) in [6.45, 7) is 6.88. The molecule has 6 nitrogen and oxygen atoms in total. The van der Waals surface area contributed by atoms with Crippen LogP contribution >= 0.6 is 0 Å². The smallest absolute Gasteiger partial charge is 0.314 e. The maximum atomic E-state index is 11.3. The second-order valence-electron chi connectivity index (χ2n) is 4.26. The summed E-state index contributed by atoms with van der Waals surface area (Å²) in [5.41, 5.74) is 0. The van der Waals surface area contributed by atoms with Crippen LogP contribution in [0.1, 0.15) is 27.2 Å². The van der Waals surface area contributed by atoms with Crippen molar-refractivity contribution >= 4 is 12.0 Å². The number of hydrogen-bond acceptors (Lipinski definition) is 3. The zero-order valence-corrected chi connectivity index (χ0v) is 10.7. The third-order valence-corrected chi connectivity index (χ3v) is 1.97. The maximum Gasteiger partial charge on any atom is 0.314 e. The van der Waals surface area contributed by atoms with Gasteiger partial charge < -0.3 is 20.5 Å². The lowest BCUT2D eigenvalue weighted by Crippen LogP contribution is -2.39. The average molecular weight is 246 g/mol. The van der Waals surface area contributed by atoms with E-state index in [1.54, 1.807) is 6.92 Å². The first-order chi connectivity index (χ1) is 7.91. The second-order valence-corrected chi connectivity index (χ2v) is 4.26. The minimum Gasteiger partial charge on any atom is -0.481 e. The van der Waals surface area contributed by atoms with Crippen molar-refractivity contribution in [2.24, 2.45) is 5.92 Å². The molecular formula is C11H22N2O4. The van der Waals surface area contributed by atoms with Crippen LogP contribution in [0.3, 0.4) is 0 Å². The number of amides is 2. The molecule has 0 rings (SSSR count). The Kier molecular flexibility index (Phi) is 8.13. The molecular weight excluding hydrogens is 224 g/mol. The van der Waals surface area contributed by atoms with Crippen LogP contribution in [0.25, 0.3) is 0 Å². The Hall–Kier alpha value is -1.30. The first-order valence-electron chi connectivity index (χ1n) is 5.77. The van der Waals surface area contributed by atoms with Crippen molar-refractivity contribution in [3.63, 3.8) is 0 Å². The van der Waals surface area contributed by atoms with Gasteiger partial charge in [0.15, 0.2) is 0 Å². The molecule has 0 heterocycles. The van der Waals surface area contributed by atoms with Gasteiger partial charge in [-0.3, -0.25) is 4.79 Å². The molecule has 2 amide bonds. The summed E-state index contributed by atoms with van der Waals surface area (Å²) in [6, 6.07) is -0.297. The van der Waals surface area contributed by atoms with Crippen molar-refractivity contribution < 1.29 is 19.4 Å². The van der Waals surface area contributed by atoms with E-state index in [2.05, 4.69) is 10.6 Å². The van der Waals surface area contributed by atoms with E-state index in [0.29, 0.717) is 19.7 Å². The number of hydrogen-bond donors (Lipinski definition) is 3. The summed E-state index contributed by atoms with van der Waals surface area (Å²) in [7, 11) is 0. The highest BCUT2D eigenvalue weighted by Crippen LogP contribution is 1.98. The van der Waals surface area contributed by atoms with Gasteiger partial charge in [-0.15, -0.1) is 0 Å². The van der Waals surface area contributed by atoms with Crippen LogP contribution in [0.5, 0.6) is 0 Å². The van der Waals surface area contributed by atoms with Crippen LogP contribution in [0.15, 0.2) is 0 Å². The van der Waals surface area contributed by atoms with E-state index >= 15 is 0 Å². The van der Waals surface area contributed by atoms with Gasteiger partial charge in [0.1, 0.15) is 0 Å². The monoisotopic (exact) mass is 246 g/mol. The molecule has 1 atom stereocenters. The molecule has 0 aliphatic carbocycles. The Bertz CT molecular complexity index is 244. The summed E-state index contributed by atoms with van der Waals surface area (Å²) < 4.78 is 5.25. The van der Waals surface area contributed by atoms with Crippen molar-refractivity contribution in [3.8, 4) is 0 Å². The number of ether oxygens (including phenoxy) is 1. The molecule has 3 N–H and O–H groups in total. The molecule has 6 heteroatoms. The number of nitrogens with one attached hydrogen (secondary N) is 2. The largest absolute Gasteiger partial charge is 0.481 e. The molecule has 0 aromatic heterocycles. The van der Waals surface area contributed by atoms with E-state index in [0.717, 1.165) is 0 Å². The molecule has 0 saturated heterocycles. The van der Waals surface area contributed by atoms with E-state index in [1.165, 1.54) is 0 Å². The van der Waals surface area contributed by atoms with Gasteiger partial charge in [0.2, 0.25) is 0 Å². The highest BCUT2D eigenvalue weighted by atomic mass is 16.5. The molecule has 0 aliphatic rings. The number of rotatable bonds is 8. The zero-order valence-electron chi connectivity index (χ0n) is 10.7. The first-order valence-corrected chi connectivity index (χ1v) is 5.77. The topological polar surface area (TPSA) is 87.7 Å². The summed E-state index contributed by atoms with van der Waals surface area (Å²) in [5.74, 6) is -0.935. The van der Waals surface area contributed by atoms with Crippen LogP contribution < -0.4 is 10.6 Å². The molecule has 0 fully saturated rings. The molecule has 17 heavy (non-hydrogen) atoms. The van der Waals surface area contributed by atoms with Crippen molar-refractivity contribution in [3.05, 3.63) is 0 Å². The minimum atomic E-state index is -0.856. The standard InChI is InChI=1S/C11H22N2O4/c1-8(2)17-5-4-12-11(16)13-7-9(3)6-10(14)15/h8-9H,4-7H2,1-3H3,(H,14,15)(H2,12,13,16). The van der Waals surface area contributed by atoms with Crippen molar-refractivity contribution in [1.29, 1.82) is 0 Å². The fraction of sp³-hybridized carbons (Fsp3) is 0.818. The van der Waals surface area contributed by atoms with Crippen LogP contribution in [-0.2, 0) is 9.53 Å². The lowest BCUT2D eigenvalue weighted by Gasteiger charge is -2.12. The number of carbonyl (C=O) groups excluding carboxylic acids is 1.